The van der Waals surface area contributed by atoms with Gasteiger partial charge in [0, 0.05) is 83.5 Å². The second-order valence-corrected chi connectivity index (χ2v) is 46.1. The predicted molar refractivity (Wildman–Crippen MR) is 431 cm³/mol. The second kappa shape index (κ2) is 40.5. The van der Waals surface area contributed by atoms with Crippen molar-refractivity contribution in [2.75, 3.05) is 0 Å². The summed E-state index contributed by atoms with van der Waals surface area (Å²) in [6.07, 6.45) is 10.9. The zero-order valence-electron chi connectivity index (χ0n) is 64.3. The summed E-state index contributed by atoms with van der Waals surface area (Å²) in [4.78, 5) is 0. The van der Waals surface area contributed by atoms with Crippen LogP contribution in [0.15, 0.2) is 124 Å². The van der Waals surface area contributed by atoms with E-state index in [4.69, 9.17) is 0 Å². The molecule has 0 amide bonds. The molecule has 0 aromatic heterocycles. The molecule has 0 nitrogen and oxygen atoms in total. The standard InChI is InChI=1S/C93H120Si3/c1-25-31-88(55-49-79-37-43-82(44-38-79)61-64-94(70(7)8,71(9)10)72(11)12)91(34-28-4)58-52-85-67-86(53-59-92(35-29-5)89(32-26-2)56-50-80-39-45-83(46-40-80)62-65-95(73(13)14,74(15)16)75(17)18)69-87(68-85)54-60-93(36-30-6)90(33-27-3)57-51-81-41-47-84(48-42-81)63-66-96(76(19)20,77(21)22)78(23)24/h37-48,67-78H,25-36H2,1-24H3. The summed E-state index contributed by atoms with van der Waals surface area (Å²) in [6, 6.07) is 32.0. The van der Waals surface area contributed by atoms with E-state index in [1.807, 2.05) is 0 Å². The maximum Gasteiger partial charge on any atom is 0.146 e. The fourth-order valence-electron chi connectivity index (χ4n) is 14.7. The summed E-state index contributed by atoms with van der Waals surface area (Å²) in [5, 5.41) is 0. The average molecular weight is 1320 g/mol. The van der Waals surface area contributed by atoms with E-state index >= 15 is 0 Å². The van der Waals surface area contributed by atoms with Crippen LogP contribution in [0.1, 0.15) is 293 Å². The van der Waals surface area contributed by atoms with Crippen LogP contribution >= 0.6 is 0 Å². The van der Waals surface area contributed by atoms with Gasteiger partial charge in [0.1, 0.15) is 24.2 Å². The molecule has 0 aliphatic rings. The Balaban J connectivity index is 1.95. The van der Waals surface area contributed by atoms with Gasteiger partial charge in [0.15, 0.2) is 0 Å². The lowest BCUT2D eigenvalue weighted by atomic mass is 9.97. The van der Waals surface area contributed by atoms with E-state index < -0.39 is 24.2 Å². The molecule has 4 aromatic carbocycles. The van der Waals surface area contributed by atoms with Crippen molar-refractivity contribution in [3.05, 3.63) is 175 Å². The van der Waals surface area contributed by atoms with E-state index in [-0.39, 0.29) is 0 Å². The van der Waals surface area contributed by atoms with Gasteiger partial charge in [-0.05, 0) is 179 Å². The van der Waals surface area contributed by atoms with Gasteiger partial charge in [-0.2, -0.15) is 0 Å². The Hall–Kier alpha value is -7.21. The lowest BCUT2D eigenvalue weighted by Crippen LogP contribution is -2.43. The number of benzene rings is 4. The Labute approximate surface area is 593 Å². The molecule has 0 radical (unpaired) electrons. The van der Waals surface area contributed by atoms with E-state index in [0.29, 0.717) is 49.9 Å². The van der Waals surface area contributed by atoms with Crippen molar-refractivity contribution in [1.29, 1.82) is 0 Å². The van der Waals surface area contributed by atoms with E-state index in [2.05, 4.69) is 363 Å². The molecule has 0 saturated carbocycles. The molecule has 4 rings (SSSR count). The van der Waals surface area contributed by atoms with Gasteiger partial charge in [-0.15, -0.1) is 16.6 Å². The maximum absolute atomic E-state index is 3.89. The summed E-state index contributed by atoms with van der Waals surface area (Å²) in [5.41, 5.74) is 32.3. The van der Waals surface area contributed by atoms with Crippen LogP contribution in [0.4, 0.5) is 0 Å². The molecule has 0 bridgehead atoms. The minimum atomic E-state index is -1.85. The zero-order valence-corrected chi connectivity index (χ0v) is 67.3. The molecule has 3 heteroatoms. The SMILES string of the molecule is CCCC(C#Cc1ccc(C#C[Si](C(C)C)(C(C)C)C(C)C)cc1)=C(C#Cc1cc(C#CC(CCC)=C(C#Cc2ccc(C#C[Si](C(C)C)(C(C)C)C(C)C)cc2)CCC)cc(C#CC(CCC)=C(C#Cc2ccc(C#C[Si](C(C)C)(C(C)C)C(C)C)cc2)CCC)c1)CCC. The van der Waals surface area contributed by atoms with Gasteiger partial charge in [-0.25, -0.2) is 0 Å². The predicted octanol–water partition coefficient (Wildman–Crippen LogP) is 25.3. The molecule has 4 aromatic rings. The van der Waals surface area contributed by atoms with Crippen molar-refractivity contribution in [2.45, 2.75) is 293 Å². The quantitative estimate of drug-likeness (QED) is 0.0576. The van der Waals surface area contributed by atoms with Gasteiger partial charge >= 0.3 is 0 Å². The fourth-order valence-corrected chi connectivity index (χ4v) is 30.4. The lowest BCUT2D eigenvalue weighted by Gasteiger charge is -2.38. The highest BCUT2D eigenvalue weighted by atomic mass is 28.3. The third-order valence-corrected chi connectivity index (χ3v) is 38.6. The molecule has 0 unspecified atom stereocenters. The molecule has 0 aliphatic carbocycles. The maximum atomic E-state index is 3.89. The van der Waals surface area contributed by atoms with Crippen LogP contribution < -0.4 is 0 Å². The van der Waals surface area contributed by atoms with E-state index in [1.54, 1.807) is 0 Å². The average Bonchev–Trinajstić information content (AvgIpc) is 0.848. The third-order valence-electron chi connectivity index (χ3n) is 19.7. The largest absolute Gasteiger partial charge is 0.146 e. The Morgan fingerprint density at radius 2 is 0.354 bits per heavy atom. The Bertz CT molecular complexity index is 3430. The number of allylic oxidation sites excluding steroid dienone is 6. The molecular weight excluding hydrogens is 1200 g/mol. The lowest BCUT2D eigenvalue weighted by molar-refractivity contribution is 0.838. The molecule has 0 heterocycles. The fraction of sp³-hybridized carbons (Fsp3) is 0.484. The van der Waals surface area contributed by atoms with Crippen LogP contribution in [0.25, 0.3) is 0 Å². The summed E-state index contributed by atoms with van der Waals surface area (Å²) in [7, 11) is -5.55. The highest BCUT2D eigenvalue weighted by Crippen LogP contribution is 2.43. The minimum Gasteiger partial charge on any atom is -0.125 e. The van der Waals surface area contributed by atoms with Crippen LogP contribution in [0.2, 0.25) is 49.9 Å². The summed E-state index contributed by atoms with van der Waals surface area (Å²) in [6.45, 7) is 56.0. The van der Waals surface area contributed by atoms with Gasteiger partial charge in [-0.1, -0.05) is 294 Å². The normalized spacial score (nSPS) is 12.2. The molecule has 0 N–H and O–H groups in total. The zero-order chi connectivity index (χ0) is 71.2. The second-order valence-electron chi connectivity index (χ2n) is 29.3. The van der Waals surface area contributed by atoms with Crippen LogP contribution in [-0.4, -0.2) is 24.2 Å². The monoisotopic (exact) mass is 1320 g/mol. The molecule has 0 saturated heterocycles. The first-order valence-electron chi connectivity index (χ1n) is 37.1. The van der Waals surface area contributed by atoms with E-state index in [1.165, 1.54) is 0 Å². The van der Waals surface area contributed by atoms with Crippen LogP contribution in [-0.2, 0) is 0 Å². The van der Waals surface area contributed by atoms with Crippen molar-refractivity contribution >= 4 is 24.2 Å². The topological polar surface area (TPSA) is 0 Å². The van der Waals surface area contributed by atoms with Gasteiger partial charge in [-0.3, -0.25) is 0 Å². The third kappa shape index (κ3) is 23.0. The van der Waals surface area contributed by atoms with Crippen molar-refractivity contribution in [3.63, 3.8) is 0 Å². The van der Waals surface area contributed by atoms with Crippen molar-refractivity contribution in [1.82, 2.24) is 0 Å². The van der Waals surface area contributed by atoms with Gasteiger partial charge in [0.25, 0.3) is 0 Å². The number of hydrogen-bond acceptors (Lipinski definition) is 0. The van der Waals surface area contributed by atoms with Gasteiger partial charge in [0.05, 0.1) is 0 Å². The van der Waals surface area contributed by atoms with E-state index in [0.717, 1.165) is 161 Å². The van der Waals surface area contributed by atoms with Crippen molar-refractivity contribution < 1.29 is 0 Å². The molecule has 0 fully saturated rings. The molecule has 0 spiro atoms. The first kappa shape index (κ1) is 81.2. The summed E-state index contributed by atoms with van der Waals surface area (Å²) < 4.78 is 0. The van der Waals surface area contributed by atoms with Crippen LogP contribution in [0, 0.1) is 105 Å². The van der Waals surface area contributed by atoms with E-state index in [9.17, 15) is 0 Å². The molecule has 0 aliphatic heterocycles. The number of rotatable bonds is 21. The van der Waals surface area contributed by atoms with Crippen LogP contribution in [0.5, 0.6) is 0 Å². The molecule has 96 heavy (non-hydrogen) atoms. The highest BCUT2D eigenvalue weighted by molar-refractivity contribution is 6.91. The molecular formula is C93H120Si3. The Morgan fingerprint density at radius 1 is 0.219 bits per heavy atom. The van der Waals surface area contributed by atoms with Crippen molar-refractivity contribution in [2.24, 2.45) is 0 Å². The van der Waals surface area contributed by atoms with Crippen molar-refractivity contribution in [3.8, 4) is 105 Å². The van der Waals surface area contributed by atoms with Gasteiger partial charge in [0.2, 0.25) is 0 Å². The summed E-state index contributed by atoms with van der Waals surface area (Å²) >= 11 is 0. The van der Waals surface area contributed by atoms with Crippen LogP contribution in [0.3, 0.4) is 0 Å². The number of hydrogen-bond donors (Lipinski definition) is 0. The minimum absolute atomic E-state index is 0.586. The molecule has 0 atom stereocenters. The molecule has 504 valence electrons. The highest BCUT2D eigenvalue weighted by Gasteiger charge is 2.43. The Morgan fingerprint density at radius 3 is 0.490 bits per heavy atom. The first-order valence-corrected chi connectivity index (χ1v) is 43.7. The Kier molecular flexibility index (Phi) is 34.3. The smallest absolute Gasteiger partial charge is 0.125 e. The summed E-state index contributed by atoms with van der Waals surface area (Å²) in [5.74, 6) is 54.4. The van der Waals surface area contributed by atoms with Gasteiger partial charge < -0.3 is 0 Å². The first-order chi connectivity index (χ1) is 45.7.